The summed E-state index contributed by atoms with van der Waals surface area (Å²) in [7, 11) is 0. The van der Waals surface area contributed by atoms with E-state index in [0.717, 1.165) is 5.69 Å². The first kappa shape index (κ1) is 11.4. The Kier molecular flexibility index (Phi) is 2.75. The van der Waals surface area contributed by atoms with Crippen molar-refractivity contribution < 1.29 is 9.21 Å². The summed E-state index contributed by atoms with van der Waals surface area (Å²) in [4.78, 5) is 11.7. The summed E-state index contributed by atoms with van der Waals surface area (Å²) in [5, 5.41) is 9.65. The highest BCUT2D eigenvalue weighted by atomic mass is 16.3. The summed E-state index contributed by atoms with van der Waals surface area (Å²) in [6.07, 6.45) is 2.85. The maximum atomic E-state index is 11.7. The van der Waals surface area contributed by atoms with Crippen molar-refractivity contribution in [2.75, 3.05) is 5.32 Å². The van der Waals surface area contributed by atoms with Crippen molar-refractivity contribution in [2.24, 2.45) is 0 Å². The number of carbonyl (C=O) groups is 1. The molecule has 0 unspecified atom stereocenters. The molecule has 0 aliphatic carbocycles. The molecule has 2 aromatic heterocycles. The maximum Gasteiger partial charge on any atom is 0.260 e. The molecule has 0 saturated carbocycles. The van der Waals surface area contributed by atoms with E-state index < -0.39 is 0 Å². The summed E-state index contributed by atoms with van der Waals surface area (Å²) in [6, 6.07) is 3.44. The van der Waals surface area contributed by atoms with Crippen LogP contribution in [0.4, 0.5) is 5.82 Å². The van der Waals surface area contributed by atoms with Gasteiger partial charge in [0.25, 0.3) is 5.91 Å². The van der Waals surface area contributed by atoms with Crippen LogP contribution in [0.25, 0.3) is 0 Å². The molecule has 2 aromatic rings. The van der Waals surface area contributed by atoms with E-state index in [9.17, 15) is 4.79 Å². The van der Waals surface area contributed by atoms with Gasteiger partial charge in [-0.1, -0.05) is 20.8 Å². The number of aromatic nitrogens is 2. The van der Waals surface area contributed by atoms with Crippen LogP contribution in [0.15, 0.2) is 29.1 Å². The molecule has 0 fully saturated rings. The summed E-state index contributed by atoms with van der Waals surface area (Å²) in [6.45, 7) is 6.21. The maximum absolute atomic E-state index is 11.7. The fourth-order valence-corrected chi connectivity index (χ4v) is 1.35. The van der Waals surface area contributed by atoms with Crippen molar-refractivity contribution in [2.45, 2.75) is 26.2 Å². The number of amides is 1. The van der Waals surface area contributed by atoms with Crippen LogP contribution in [0, 0.1) is 0 Å². The van der Waals surface area contributed by atoms with Gasteiger partial charge in [0.15, 0.2) is 5.82 Å². The minimum atomic E-state index is -0.231. The molecule has 0 atom stereocenters. The van der Waals surface area contributed by atoms with E-state index in [1.165, 1.54) is 12.5 Å². The molecule has 5 nitrogen and oxygen atoms in total. The van der Waals surface area contributed by atoms with Crippen molar-refractivity contribution in [1.29, 1.82) is 0 Å². The number of nitrogens with zero attached hydrogens (tertiary/aromatic N) is 1. The van der Waals surface area contributed by atoms with E-state index in [0.29, 0.717) is 11.4 Å². The molecule has 0 radical (unpaired) electrons. The number of aromatic amines is 1. The smallest absolute Gasteiger partial charge is 0.260 e. The SMILES string of the molecule is CC(C)(C)c1cc(NC(=O)c2ccoc2)n[nH]1. The van der Waals surface area contributed by atoms with Crippen LogP contribution in [0.3, 0.4) is 0 Å². The van der Waals surface area contributed by atoms with Gasteiger partial charge in [-0.15, -0.1) is 0 Å². The van der Waals surface area contributed by atoms with E-state index >= 15 is 0 Å². The zero-order valence-corrected chi connectivity index (χ0v) is 10.1. The molecule has 2 N–H and O–H groups in total. The van der Waals surface area contributed by atoms with E-state index in [1.54, 1.807) is 6.07 Å². The number of rotatable bonds is 2. The highest BCUT2D eigenvalue weighted by Gasteiger charge is 2.17. The van der Waals surface area contributed by atoms with Gasteiger partial charge in [-0.25, -0.2) is 0 Å². The van der Waals surface area contributed by atoms with Crippen molar-refractivity contribution in [3.8, 4) is 0 Å². The van der Waals surface area contributed by atoms with Crippen LogP contribution in [-0.2, 0) is 5.41 Å². The van der Waals surface area contributed by atoms with Gasteiger partial charge in [0.2, 0.25) is 0 Å². The molecule has 0 saturated heterocycles. The van der Waals surface area contributed by atoms with Crippen molar-refractivity contribution in [3.05, 3.63) is 35.9 Å². The number of nitrogens with one attached hydrogen (secondary N) is 2. The van der Waals surface area contributed by atoms with Gasteiger partial charge in [0, 0.05) is 17.2 Å². The van der Waals surface area contributed by atoms with Gasteiger partial charge in [-0.3, -0.25) is 9.89 Å². The molecular formula is C12H15N3O2. The molecule has 0 aromatic carbocycles. The lowest BCUT2D eigenvalue weighted by molar-refractivity contribution is 0.102. The van der Waals surface area contributed by atoms with Crippen molar-refractivity contribution >= 4 is 11.7 Å². The summed E-state index contributed by atoms with van der Waals surface area (Å²) < 4.78 is 4.84. The first-order valence-electron chi connectivity index (χ1n) is 5.36. The Morgan fingerprint density at radius 3 is 2.76 bits per heavy atom. The first-order valence-corrected chi connectivity index (χ1v) is 5.36. The molecule has 0 spiro atoms. The van der Waals surface area contributed by atoms with Gasteiger partial charge < -0.3 is 9.73 Å². The summed E-state index contributed by atoms with van der Waals surface area (Å²) >= 11 is 0. The van der Waals surface area contributed by atoms with Gasteiger partial charge in [0.05, 0.1) is 11.8 Å². The lowest BCUT2D eigenvalue weighted by atomic mass is 9.92. The highest BCUT2D eigenvalue weighted by molar-refractivity contribution is 6.03. The van der Waals surface area contributed by atoms with Gasteiger partial charge in [-0.2, -0.15) is 5.10 Å². The third kappa shape index (κ3) is 2.55. The second kappa shape index (κ2) is 4.08. The van der Waals surface area contributed by atoms with Crippen LogP contribution in [0.1, 0.15) is 36.8 Å². The average molecular weight is 233 g/mol. The van der Waals surface area contributed by atoms with Crippen LogP contribution in [0.2, 0.25) is 0 Å². The van der Waals surface area contributed by atoms with Gasteiger partial charge in [-0.05, 0) is 6.07 Å². The Morgan fingerprint density at radius 1 is 1.47 bits per heavy atom. The molecule has 0 aliphatic heterocycles. The minimum Gasteiger partial charge on any atom is -0.472 e. The predicted octanol–water partition coefficient (Wildman–Crippen LogP) is 2.55. The normalized spacial score (nSPS) is 11.5. The second-order valence-electron chi connectivity index (χ2n) is 4.88. The number of anilines is 1. The molecular weight excluding hydrogens is 218 g/mol. The topological polar surface area (TPSA) is 70.9 Å². The fraction of sp³-hybridized carbons (Fsp3) is 0.333. The van der Waals surface area contributed by atoms with E-state index in [1.807, 2.05) is 6.07 Å². The summed E-state index contributed by atoms with van der Waals surface area (Å²) in [5.74, 6) is 0.284. The molecule has 2 rings (SSSR count). The number of hydrogen-bond donors (Lipinski definition) is 2. The van der Waals surface area contributed by atoms with Crippen molar-refractivity contribution in [3.63, 3.8) is 0 Å². The Balaban J connectivity index is 2.10. The number of hydrogen-bond acceptors (Lipinski definition) is 3. The molecule has 1 amide bonds. The van der Waals surface area contributed by atoms with Crippen LogP contribution >= 0.6 is 0 Å². The second-order valence-corrected chi connectivity index (χ2v) is 4.88. The standard InChI is InChI=1S/C12H15N3O2/c1-12(2,3)9-6-10(15-14-9)13-11(16)8-4-5-17-7-8/h4-7H,1-3H3,(H2,13,14,15,16). The largest absolute Gasteiger partial charge is 0.472 e. The third-order valence-electron chi connectivity index (χ3n) is 2.41. The monoisotopic (exact) mass is 233 g/mol. The Labute approximate surface area is 99.2 Å². The Bertz CT molecular complexity index is 506. The van der Waals surface area contributed by atoms with Gasteiger partial charge in [0.1, 0.15) is 6.26 Å². The predicted molar refractivity (Wildman–Crippen MR) is 63.9 cm³/mol. The van der Waals surface area contributed by atoms with Crippen LogP contribution in [-0.4, -0.2) is 16.1 Å². The van der Waals surface area contributed by atoms with E-state index in [2.05, 4.69) is 36.3 Å². The molecule has 2 heterocycles. The quantitative estimate of drug-likeness (QED) is 0.837. The Hall–Kier alpha value is -2.04. The van der Waals surface area contributed by atoms with Gasteiger partial charge >= 0.3 is 0 Å². The van der Waals surface area contributed by atoms with E-state index in [-0.39, 0.29) is 11.3 Å². The third-order valence-corrected chi connectivity index (χ3v) is 2.41. The molecule has 90 valence electrons. The molecule has 0 aliphatic rings. The minimum absolute atomic E-state index is 0.0222. The number of carbonyl (C=O) groups excluding carboxylic acids is 1. The van der Waals surface area contributed by atoms with Crippen LogP contribution in [0.5, 0.6) is 0 Å². The average Bonchev–Trinajstić information content (AvgIpc) is 2.85. The fourth-order valence-electron chi connectivity index (χ4n) is 1.35. The molecule has 17 heavy (non-hydrogen) atoms. The zero-order chi connectivity index (χ0) is 12.5. The van der Waals surface area contributed by atoms with Crippen LogP contribution < -0.4 is 5.32 Å². The van der Waals surface area contributed by atoms with E-state index in [4.69, 9.17) is 4.42 Å². The highest BCUT2D eigenvalue weighted by Crippen LogP contribution is 2.22. The molecule has 0 bridgehead atoms. The lowest BCUT2D eigenvalue weighted by Gasteiger charge is -2.14. The lowest BCUT2D eigenvalue weighted by Crippen LogP contribution is -2.12. The Morgan fingerprint density at radius 2 is 2.24 bits per heavy atom. The first-order chi connectivity index (χ1) is 7.97. The number of H-pyrrole nitrogens is 1. The van der Waals surface area contributed by atoms with Crippen molar-refractivity contribution in [1.82, 2.24) is 10.2 Å². The number of furan rings is 1. The summed E-state index contributed by atoms with van der Waals surface area (Å²) in [5.41, 5.74) is 1.43. The zero-order valence-electron chi connectivity index (χ0n) is 10.1. The molecule has 5 heteroatoms.